The first kappa shape index (κ1) is 11.3. The van der Waals surface area contributed by atoms with Gasteiger partial charge in [-0.05, 0) is 24.5 Å². The Morgan fingerprint density at radius 2 is 2.25 bits per heavy atom. The SMILES string of the molecule is CC(CO)CN1CCCOc2ccccc21. The van der Waals surface area contributed by atoms with Gasteiger partial charge in [-0.2, -0.15) is 0 Å². The Morgan fingerprint density at radius 1 is 1.44 bits per heavy atom. The van der Waals surface area contributed by atoms with Gasteiger partial charge in [-0.25, -0.2) is 0 Å². The molecule has 0 aliphatic carbocycles. The zero-order valence-corrected chi connectivity index (χ0v) is 9.72. The zero-order valence-electron chi connectivity index (χ0n) is 9.72. The average molecular weight is 221 g/mol. The fourth-order valence-corrected chi connectivity index (χ4v) is 2.02. The van der Waals surface area contributed by atoms with Gasteiger partial charge >= 0.3 is 0 Å². The van der Waals surface area contributed by atoms with Crippen LogP contribution in [-0.2, 0) is 0 Å². The standard InChI is InChI=1S/C13H19NO2/c1-11(10-15)9-14-7-4-8-16-13-6-3-2-5-12(13)14/h2-3,5-6,11,15H,4,7-10H2,1H3. The smallest absolute Gasteiger partial charge is 0.142 e. The molecular formula is C13H19NO2. The molecule has 0 saturated heterocycles. The lowest BCUT2D eigenvalue weighted by molar-refractivity contribution is 0.239. The van der Waals surface area contributed by atoms with Gasteiger partial charge in [-0.3, -0.25) is 0 Å². The highest BCUT2D eigenvalue weighted by atomic mass is 16.5. The maximum absolute atomic E-state index is 9.13. The fraction of sp³-hybridized carbons (Fsp3) is 0.538. The van der Waals surface area contributed by atoms with E-state index >= 15 is 0 Å². The number of rotatable bonds is 3. The molecule has 1 aliphatic heterocycles. The van der Waals surface area contributed by atoms with Gasteiger partial charge in [0.15, 0.2) is 0 Å². The van der Waals surface area contributed by atoms with E-state index in [9.17, 15) is 0 Å². The van der Waals surface area contributed by atoms with Crippen LogP contribution in [0.5, 0.6) is 5.75 Å². The molecule has 0 amide bonds. The summed E-state index contributed by atoms with van der Waals surface area (Å²) in [4.78, 5) is 2.31. The first-order valence-electron chi connectivity index (χ1n) is 5.89. The first-order chi connectivity index (χ1) is 7.81. The van der Waals surface area contributed by atoms with Crippen LogP contribution < -0.4 is 9.64 Å². The minimum Gasteiger partial charge on any atom is -0.491 e. The van der Waals surface area contributed by atoms with Gasteiger partial charge in [0.1, 0.15) is 5.75 Å². The minimum atomic E-state index is 0.236. The highest BCUT2D eigenvalue weighted by molar-refractivity contribution is 5.58. The molecule has 0 saturated carbocycles. The summed E-state index contributed by atoms with van der Waals surface area (Å²) in [5.74, 6) is 1.26. The van der Waals surface area contributed by atoms with Crippen LogP contribution in [0.3, 0.4) is 0 Å². The van der Waals surface area contributed by atoms with Crippen molar-refractivity contribution in [2.75, 3.05) is 31.2 Å². The van der Waals surface area contributed by atoms with E-state index in [0.29, 0.717) is 5.92 Å². The Morgan fingerprint density at radius 3 is 3.06 bits per heavy atom. The van der Waals surface area contributed by atoms with Crippen molar-refractivity contribution in [3.63, 3.8) is 0 Å². The number of hydrogen-bond donors (Lipinski definition) is 1. The van der Waals surface area contributed by atoms with Crippen molar-refractivity contribution < 1.29 is 9.84 Å². The number of ether oxygens (including phenoxy) is 1. The fourth-order valence-electron chi connectivity index (χ4n) is 2.02. The van der Waals surface area contributed by atoms with Crippen molar-refractivity contribution >= 4 is 5.69 Å². The summed E-state index contributed by atoms with van der Waals surface area (Å²) in [6.07, 6.45) is 1.03. The summed E-state index contributed by atoms with van der Waals surface area (Å²) >= 11 is 0. The lowest BCUT2D eigenvalue weighted by Crippen LogP contribution is -2.30. The lowest BCUT2D eigenvalue weighted by atomic mass is 10.1. The van der Waals surface area contributed by atoms with Crippen LogP contribution >= 0.6 is 0 Å². The zero-order chi connectivity index (χ0) is 11.4. The van der Waals surface area contributed by atoms with Gasteiger partial charge in [0.2, 0.25) is 0 Å². The van der Waals surface area contributed by atoms with E-state index in [-0.39, 0.29) is 6.61 Å². The molecule has 3 heteroatoms. The van der Waals surface area contributed by atoms with E-state index in [0.717, 1.165) is 37.6 Å². The quantitative estimate of drug-likeness (QED) is 0.846. The third kappa shape index (κ3) is 2.47. The number of aliphatic hydroxyl groups excluding tert-OH is 1. The summed E-state index contributed by atoms with van der Waals surface area (Å²) < 4.78 is 5.69. The van der Waals surface area contributed by atoms with E-state index in [1.54, 1.807) is 0 Å². The second-order valence-electron chi connectivity index (χ2n) is 4.40. The maximum atomic E-state index is 9.13. The molecule has 88 valence electrons. The molecule has 2 rings (SSSR count). The number of nitrogens with zero attached hydrogens (tertiary/aromatic N) is 1. The molecular weight excluding hydrogens is 202 g/mol. The second kappa shape index (κ2) is 5.21. The molecule has 0 bridgehead atoms. The number of anilines is 1. The Kier molecular flexibility index (Phi) is 3.67. The molecule has 0 aromatic heterocycles. The summed E-state index contributed by atoms with van der Waals surface area (Å²) in [6, 6.07) is 8.13. The molecule has 16 heavy (non-hydrogen) atoms. The molecule has 3 nitrogen and oxygen atoms in total. The molecule has 1 unspecified atom stereocenters. The Balaban J connectivity index is 2.19. The normalized spacial score (nSPS) is 17.2. The molecule has 1 heterocycles. The van der Waals surface area contributed by atoms with Gasteiger partial charge in [0, 0.05) is 19.7 Å². The number of benzene rings is 1. The van der Waals surface area contributed by atoms with E-state index in [1.165, 1.54) is 0 Å². The van der Waals surface area contributed by atoms with Crippen LogP contribution in [0.2, 0.25) is 0 Å². The Bertz CT molecular complexity index is 340. The summed E-state index contributed by atoms with van der Waals surface area (Å²) in [5, 5.41) is 9.13. The van der Waals surface area contributed by atoms with Crippen LogP contribution in [0, 0.1) is 5.92 Å². The van der Waals surface area contributed by atoms with Gasteiger partial charge in [0.05, 0.1) is 12.3 Å². The van der Waals surface area contributed by atoms with Crippen molar-refractivity contribution in [2.24, 2.45) is 5.92 Å². The van der Waals surface area contributed by atoms with E-state index in [2.05, 4.69) is 17.9 Å². The van der Waals surface area contributed by atoms with E-state index in [1.807, 2.05) is 18.2 Å². The largest absolute Gasteiger partial charge is 0.491 e. The van der Waals surface area contributed by atoms with Crippen LogP contribution in [0.1, 0.15) is 13.3 Å². The molecule has 1 atom stereocenters. The first-order valence-corrected chi connectivity index (χ1v) is 5.89. The molecule has 1 aliphatic rings. The van der Waals surface area contributed by atoms with Crippen molar-refractivity contribution in [1.29, 1.82) is 0 Å². The lowest BCUT2D eigenvalue weighted by Gasteiger charge is -2.26. The monoisotopic (exact) mass is 221 g/mol. The highest BCUT2D eigenvalue weighted by Crippen LogP contribution is 2.30. The molecule has 0 radical (unpaired) electrons. The Hall–Kier alpha value is -1.22. The topological polar surface area (TPSA) is 32.7 Å². The van der Waals surface area contributed by atoms with Gasteiger partial charge in [-0.15, -0.1) is 0 Å². The van der Waals surface area contributed by atoms with Gasteiger partial charge in [-0.1, -0.05) is 19.1 Å². The van der Waals surface area contributed by atoms with Crippen molar-refractivity contribution in [3.05, 3.63) is 24.3 Å². The van der Waals surface area contributed by atoms with Crippen molar-refractivity contribution in [1.82, 2.24) is 0 Å². The van der Waals surface area contributed by atoms with Crippen molar-refractivity contribution in [3.8, 4) is 5.75 Å². The minimum absolute atomic E-state index is 0.236. The second-order valence-corrected chi connectivity index (χ2v) is 4.40. The number of hydrogen-bond acceptors (Lipinski definition) is 3. The van der Waals surface area contributed by atoms with Crippen LogP contribution in [0.15, 0.2) is 24.3 Å². The van der Waals surface area contributed by atoms with E-state index in [4.69, 9.17) is 9.84 Å². The number of fused-ring (bicyclic) bond motifs is 1. The van der Waals surface area contributed by atoms with Crippen molar-refractivity contribution in [2.45, 2.75) is 13.3 Å². The predicted octanol–water partition coefficient (Wildman–Crippen LogP) is 1.90. The average Bonchev–Trinajstić information content (AvgIpc) is 2.52. The molecule has 0 fully saturated rings. The third-order valence-electron chi connectivity index (χ3n) is 2.88. The maximum Gasteiger partial charge on any atom is 0.142 e. The summed E-state index contributed by atoms with van der Waals surface area (Å²) in [5.41, 5.74) is 1.15. The molecule has 1 N–H and O–H groups in total. The van der Waals surface area contributed by atoms with Gasteiger partial charge < -0.3 is 14.7 Å². The summed E-state index contributed by atoms with van der Waals surface area (Å²) in [7, 11) is 0. The number of para-hydroxylation sites is 2. The Labute approximate surface area is 96.6 Å². The number of aliphatic hydroxyl groups is 1. The highest BCUT2D eigenvalue weighted by Gasteiger charge is 2.17. The predicted molar refractivity (Wildman–Crippen MR) is 65.0 cm³/mol. The molecule has 0 spiro atoms. The van der Waals surface area contributed by atoms with Crippen LogP contribution in [0.25, 0.3) is 0 Å². The van der Waals surface area contributed by atoms with Crippen LogP contribution in [0.4, 0.5) is 5.69 Å². The summed E-state index contributed by atoms with van der Waals surface area (Å²) in [6.45, 7) is 4.97. The van der Waals surface area contributed by atoms with E-state index < -0.39 is 0 Å². The van der Waals surface area contributed by atoms with Gasteiger partial charge in [0.25, 0.3) is 0 Å². The van der Waals surface area contributed by atoms with Crippen LogP contribution in [-0.4, -0.2) is 31.4 Å². The molecule has 1 aromatic carbocycles. The molecule has 1 aromatic rings. The third-order valence-corrected chi connectivity index (χ3v) is 2.88.